The van der Waals surface area contributed by atoms with Gasteiger partial charge in [-0.2, -0.15) is 13.2 Å². The van der Waals surface area contributed by atoms with E-state index in [9.17, 15) is 13.2 Å². The summed E-state index contributed by atoms with van der Waals surface area (Å²) < 4.78 is 43.0. The monoisotopic (exact) mass is 261 g/mol. The van der Waals surface area contributed by atoms with Crippen molar-refractivity contribution in [3.05, 3.63) is 35.4 Å². The van der Waals surface area contributed by atoms with E-state index in [0.717, 1.165) is 24.1 Å². The van der Waals surface area contributed by atoms with Crippen molar-refractivity contribution in [2.75, 3.05) is 6.61 Å². The van der Waals surface area contributed by atoms with Crippen LogP contribution < -0.4 is 0 Å². The molecule has 1 saturated heterocycles. The van der Waals surface area contributed by atoms with Crippen molar-refractivity contribution >= 4 is 0 Å². The Kier molecular flexibility index (Phi) is 3.64. The van der Waals surface area contributed by atoms with Crippen LogP contribution in [0.1, 0.15) is 30.6 Å². The molecule has 3 atom stereocenters. The molecule has 0 amide bonds. The molecule has 2 N–H and O–H groups in total. The van der Waals surface area contributed by atoms with Gasteiger partial charge < -0.3 is 9.84 Å². The molecule has 0 radical (unpaired) electrons. The molecule has 0 unspecified atom stereocenters. The summed E-state index contributed by atoms with van der Waals surface area (Å²) in [6.07, 6.45) is -3.81. The molecular weight excluding hydrogens is 245 g/mol. The largest absolute Gasteiger partial charge is 0.444 e. The minimum Gasteiger partial charge on any atom is -0.444 e. The van der Waals surface area contributed by atoms with E-state index in [1.165, 1.54) is 12.1 Å². The third-order valence-electron chi connectivity index (χ3n) is 3.28. The zero-order valence-electron chi connectivity index (χ0n) is 10.00. The van der Waals surface area contributed by atoms with Crippen LogP contribution in [0.4, 0.5) is 13.2 Å². The van der Waals surface area contributed by atoms with Gasteiger partial charge in [0.05, 0.1) is 11.7 Å². The van der Waals surface area contributed by atoms with E-state index < -0.39 is 11.7 Å². The zero-order chi connectivity index (χ0) is 13.3. The Morgan fingerprint density at radius 2 is 1.89 bits per heavy atom. The lowest BCUT2D eigenvalue weighted by Gasteiger charge is -2.16. The Balaban J connectivity index is 2.15. The first-order chi connectivity index (χ1) is 8.41. The van der Waals surface area contributed by atoms with Gasteiger partial charge in [-0.15, -0.1) is 0 Å². The molecule has 0 saturated carbocycles. The van der Waals surface area contributed by atoms with Gasteiger partial charge in [0.15, 0.2) is 6.61 Å². The highest BCUT2D eigenvalue weighted by Crippen LogP contribution is 2.38. The molecule has 1 heterocycles. The fourth-order valence-electron chi connectivity index (χ4n) is 2.34. The van der Waals surface area contributed by atoms with E-state index in [4.69, 9.17) is 9.84 Å². The standard InChI is InChI=1S/C13H15F3O2/c1-8-6-11(7-17)18-12(8)9-2-4-10(5-3-9)13(14,15)16/h2-5,8,11-12,17H,6-7H2,1H3/p+1/t8-,11-,12+/m0/s1. The van der Waals surface area contributed by atoms with Crippen molar-refractivity contribution in [3.63, 3.8) is 0 Å². The summed E-state index contributed by atoms with van der Waals surface area (Å²) in [6, 6.07) is 5.10. The summed E-state index contributed by atoms with van der Waals surface area (Å²) in [6.45, 7) is 2.19. The second-order valence-corrected chi connectivity index (χ2v) is 4.72. The van der Waals surface area contributed by atoms with E-state index in [-0.39, 0.29) is 24.7 Å². The average molecular weight is 261 g/mol. The van der Waals surface area contributed by atoms with Crippen molar-refractivity contribution in [1.82, 2.24) is 0 Å². The predicted octanol–water partition coefficient (Wildman–Crippen LogP) is 2.90. The third-order valence-corrected chi connectivity index (χ3v) is 3.28. The van der Waals surface area contributed by atoms with Gasteiger partial charge in [0, 0.05) is 0 Å². The van der Waals surface area contributed by atoms with E-state index in [1.807, 2.05) is 6.92 Å². The summed E-state index contributed by atoms with van der Waals surface area (Å²) in [5.74, 6) is 0.233. The Labute approximate surface area is 103 Å². The highest BCUT2D eigenvalue weighted by molar-refractivity contribution is 5.27. The topological polar surface area (TPSA) is 32.1 Å². The summed E-state index contributed by atoms with van der Waals surface area (Å²) >= 11 is 0. The van der Waals surface area contributed by atoms with Crippen LogP contribution in [0.15, 0.2) is 24.3 Å². The van der Waals surface area contributed by atoms with E-state index in [1.54, 1.807) is 0 Å². The molecule has 1 fully saturated rings. The minimum atomic E-state index is -4.30. The lowest BCUT2D eigenvalue weighted by Crippen LogP contribution is -2.11. The molecule has 1 aromatic carbocycles. The van der Waals surface area contributed by atoms with Gasteiger partial charge in [0.1, 0.15) is 6.10 Å². The third kappa shape index (κ3) is 2.67. The summed E-state index contributed by atoms with van der Waals surface area (Å²) in [7, 11) is 0. The SMILES string of the molecule is C[C@H]1C[C@@H](C[OH2+])O[C@H]1c1ccc(C(F)(F)F)cc1. The van der Waals surface area contributed by atoms with Crippen LogP contribution in [-0.4, -0.2) is 17.8 Å². The zero-order valence-corrected chi connectivity index (χ0v) is 10.00. The van der Waals surface area contributed by atoms with Crippen LogP contribution >= 0.6 is 0 Å². The second kappa shape index (κ2) is 4.90. The number of alkyl halides is 3. The molecule has 1 aliphatic rings. The second-order valence-electron chi connectivity index (χ2n) is 4.72. The maximum absolute atomic E-state index is 12.4. The average Bonchev–Trinajstić information content (AvgIpc) is 2.70. The van der Waals surface area contributed by atoms with Gasteiger partial charge in [0.25, 0.3) is 0 Å². The van der Waals surface area contributed by atoms with Crippen LogP contribution in [0.25, 0.3) is 0 Å². The lowest BCUT2D eigenvalue weighted by atomic mass is 9.95. The Bertz CT molecular complexity index is 400. The van der Waals surface area contributed by atoms with Crippen LogP contribution in [-0.2, 0) is 10.9 Å². The number of hydrogen-bond donors (Lipinski definition) is 0. The molecular formula is C13H16F3O2+. The first-order valence-electron chi connectivity index (χ1n) is 5.89. The Hall–Kier alpha value is -1.07. The maximum Gasteiger partial charge on any atom is 0.416 e. The van der Waals surface area contributed by atoms with Gasteiger partial charge in [-0.05, 0) is 30.0 Å². The molecule has 5 heteroatoms. The number of hydrogen-bond acceptors (Lipinski definition) is 1. The van der Waals surface area contributed by atoms with Crippen LogP contribution in [0.2, 0.25) is 0 Å². The molecule has 1 aromatic rings. The predicted molar refractivity (Wildman–Crippen MR) is 61.3 cm³/mol. The fourth-order valence-corrected chi connectivity index (χ4v) is 2.34. The van der Waals surface area contributed by atoms with Gasteiger partial charge in [-0.3, -0.25) is 0 Å². The van der Waals surface area contributed by atoms with Gasteiger partial charge in [-0.1, -0.05) is 19.1 Å². The molecule has 18 heavy (non-hydrogen) atoms. The molecule has 2 nitrogen and oxygen atoms in total. The molecule has 0 aromatic heterocycles. The number of halogens is 3. The molecule has 0 aliphatic carbocycles. The lowest BCUT2D eigenvalue weighted by molar-refractivity contribution is -0.137. The highest BCUT2D eigenvalue weighted by Gasteiger charge is 2.35. The van der Waals surface area contributed by atoms with Crippen LogP contribution in [0.5, 0.6) is 0 Å². The van der Waals surface area contributed by atoms with E-state index >= 15 is 0 Å². The smallest absolute Gasteiger partial charge is 0.416 e. The number of rotatable bonds is 2. The van der Waals surface area contributed by atoms with E-state index in [0.29, 0.717) is 0 Å². The number of benzene rings is 1. The Morgan fingerprint density at radius 3 is 2.33 bits per heavy atom. The summed E-state index contributed by atoms with van der Waals surface area (Å²) in [5, 5.41) is 7.28. The molecule has 100 valence electrons. The summed E-state index contributed by atoms with van der Waals surface area (Å²) in [4.78, 5) is 0. The minimum absolute atomic E-state index is 0.104. The molecule has 2 rings (SSSR count). The van der Waals surface area contributed by atoms with Crippen molar-refractivity contribution < 1.29 is 23.0 Å². The van der Waals surface area contributed by atoms with Crippen molar-refractivity contribution in [2.45, 2.75) is 31.7 Å². The van der Waals surface area contributed by atoms with Crippen molar-refractivity contribution in [2.24, 2.45) is 5.92 Å². The van der Waals surface area contributed by atoms with Crippen molar-refractivity contribution in [1.29, 1.82) is 0 Å². The normalized spacial score (nSPS) is 28.6. The molecule has 0 bridgehead atoms. The molecule has 1 aliphatic heterocycles. The van der Waals surface area contributed by atoms with Gasteiger partial charge >= 0.3 is 6.18 Å². The maximum atomic E-state index is 12.4. The first kappa shape index (κ1) is 13.4. The number of ether oxygens (including phenoxy) is 1. The van der Waals surface area contributed by atoms with Crippen LogP contribution in [0.3, 0.4) is 0 Å². The van der Waals surface area contributed by atoms with Crippen LogP contribution in [0, 0.1) is 5.92 Å². The summed E-state index contributed by atoms with van der Waals surface area (Å²) in [5.41, 5.74) is 0.111. The molecule has 0 spiro atoms. The Morgan fingerprint density at radius 1 is 1.28 bits per heavy atom. The van der Waals surface area contributed by atoms with Gasteiger partial charge in [-0.25, -0.2) is 0 Å². The quantitative estimate of drug-likeness (QED) is 0.753. The fraction of sp³-hybridized carbons (Fsp3) is 0.538. The van der Waals surface area contributed by atoms with E-state index in [2.05, 4.69) is 0 Å². The van der Waals surface area contributed by atoms with Gasteiger partial charge in [0.2, 0.25) is 0 Å². The van der Waals surface area contributed by atoms with Crippen molar-refractivity contribution in [3.8, 4) is 0 Å². The first-order valence-corrected chi connectivity index (χ1v) is 5.89. The highest BCUT2D eigenvalue weighted by atomic mass is 19.4.